The summed E-state index contributed by atoms with van der Waals surface area (Å²) < 4.78 is 3.31. The molecule has 3 aromatic heterocycles. The number of rotatable bonds is 2. The molecule has 4 aromatic rings. The highest BCUT2D eigenvalue weighted by atomic mass is 35.5. The van der Waals surface area contributed by atoms with Gasteiger partial charge in [-0.2, -0.15) is 5.10 Å². The molecule has 3 heterocycles. The molecule has 0 aliphatic rings. The number of hydrogen-bond acceptors (Lipinski definition) is 4. The van der Waals surface area contributed by atoms with Gasteiger partial charge in [-0.05, 0) is 19.1 Å². The molecule has 1 aromatic carbocycles. The lowest BCUT2D eigenvalue weighted by atomic mass is 10.1. The number of fused-ring (bicyclic) bond motifs is 3. The van der Waals surface area contributed by atoms with Gasteiger partial charge in [-0.25, -0.2) is 9.97 Å². The van der Waals surface area contributed by atoms with Crippen LogP contribution in [0.25, 0.3) is 27.5 Å². The van der Waals surface area contributed by atoms with E-state index >= 15 is 0 Å². The van der Waals surface area contributed by atoms with Gasteiger partial charge in [0, 0.05) is 28.5 Å². The van der Waals surface area contributed by atoms with Crippen LogP contribution in [0.3, 0.4) is 0 Å². The molecule has 114 valence electrons. The Morgan fingerprint density at radius 2 is 1.96 bits per heavy atom. The van der Waals surface area contributed by atoms with Gasteiger partial charge in [-0.1, -0.05) is 17.7 Å². The highest BCUT2D eigenvalue weighted by molar-refractivity contribution is 6.31. The minimum Gasteiger partial charge on any atom is -0.272 e. The summed E-state index contributed by atoms with van der Waals surface area (Å²) in [6.07, 6.45) is 6.50. The fourth-order valence-corrected chi connectivity index (χ4v) is 2.90. The van der Waals surface area contributed by atoms with Crippen molar-refractivity contribution in [3.63, 3.8) is 0 Å². The molecule has 0 spiro atoms. The Balaban J connectivity index is 2.24. The number of nitrogens with zero attached hydrogens (tertiary/aromatic N) is 5. The lowest BCUT2D eigenvalue weighted by Crippen LogP contribution is -2.19. The first-order chi connectivity index (χ1) is 11.2. The van der Waals surface area contributed by atoms with Crippen LogP contribution in [0.5, 0.6) is 0 Å². The summed E-state index contributed by atoms with van der Waals surface area (Å²) in [5, 5.41) is 6.69. The molecule has 7 heteroatoms. The SMILES string of the molecule is CCn1cc2c(n1)c(=O)n(-c1cncnc1)c1cc(Cl)ccc21. The number of benzene rings is 1. The summed E-state index contributed by atoms with van der Waals surface area (Å²) >= 11 is 6.15. The maximum absolute atomic E-state index is 13.0. The second-order valence-corrected chi connectivity index (χ2v) is 5.58. The van der Waals surface area contributed by atoms with Crippen LogP contribution < -0.4 is 5.56 Å². The maximum atomic E-state index is 13.0. The number of aryl methyl sites for hydroxylation is 1. The van der Waals surface area contributed by atoms with Crippen LogP contribution in [0.2, 0.25) is 5.02 Å². The van der Waals surface area contributed by atoms with Crippen molar-refractivity contribution in [2.75, 3.05) is 0 Å². The molecular weight excluding hydrogens is 314 g/mol. The van der Waals surface area contributed by atoms with E-state index in [-0.39, 0.29) is 5.56 Å². The van der Waals surface area contributed by atoms with Gasteiger partial charge in [0.25, 0.3) is 5.56 Å². The average molecular weight is 326 g/mol. The van der Waals surface area contributed by atoms with Crippen molar-refractivity contribution in [1.29, 1.82) is 0 Å². The van der Waals surface area contributed by atoms with Gasteiger partial charge in [-0.3, -0.25) is 14.0 Å². The van der Waals surface area contributed by atoms with Crippen LogP contribution in [0.15, 0.2) is 47.9 Å². The molecule has 0 aliphatic carbocycles. The van der Waals surface area contributed by atoms with Crippen molar-refractivity contribution in [2.24, 2.45) is 0 Å². The van der Waals surface area contributed by atoms with Gasteiger partial charge < -0.3 is 0 Å². The van der Waals surface area contributed by atoms with Gasteiger partial charge >= 0.3 is 0 Å². The fraction of sp³-hybridized carbons (Fsp3) is 0.125. The highest BCUT2D eigenvalue weighted by Crippen LogP contribution is 2.26. The van der Waals surface area contributed by atoms with E-state index in [0.29, 0.717) is 28.3 Å². The lowest BCUT2D eigenvalue weighted by Gasteiger charge is -2.10. The maximum Gasteiger partial charge on any atom is 0.284 e. The van der Waals surface area contributed by atoms with Crippen LogP contribution >= 0.6 is 11.6 Å². The number of pyridine rings is 1. The van der Waals surface area contributed by atoms with E-state index in [1.807, 2.05) is 25.3 Å². The quantitative estimate of drug-likeness (QED) is 0.568. The van der Waals surface area contributed by atoms with E-state index < -0.39 is 0 Å². The van der Waals surface area contributed by atoms with Crippen LogP contribution in [-0.4, -0.2) is 24.3 Å². The van der Waals surface area contributed by atoms with Crippen LogP contribution in [0.4, 0.5) is 0 Å². The Labute approximate surface area is 136 Å². The van der Waals surface area contributed by atoms with Crippen LogP contribution in [0, 0.1) is 0 Å². The third kappa shape index (κ3) is 2.10. The first-order valence-corrected chi connectivity index (χ1v) is 7.53. The summed E-state index contributed by atoms with van der Waals surface area (Å²) in [6.45, 7) is 2.67. The van der Waals surface area contributed by atoms with Crippen molar-refractivity contribution < 1.29 is 0 Å². The van der Waals surface area contributed by atoms with Crippen molar-refractivity contribution in [3.8, 4) is 5.69 Å². The smallest absolute Gasteiger partial charge is 0.272 e. The van der Waals surface area contributed by atoms with E-state index in [0.717, 1.165) is 10.8 Å². The summed E-state index contributed by atoms with van der Waals surface area (Å²) in [5.41, 5.74) is 1.50. The first-order valence-electron chi connectivity index (χ1n) is 7.16. The topological polar surface area (TPSA) is 65.6 Å². The molecule has 0 atom stereocenters. The van der Waals surface area contributed by atoms with Crippen molar-refractivity contribution in [1.82, 2.24) is 24.3 Å². The molecule has 0 radical (unpaired) electrons. The molecule has 0 saturated heterocycles. The molecule has 0 amide bonds. The molecule has 0 fully saturated rings. The highest BCUT2D eigenvalue weighted by Gasteiger charge is 2.15. The molecule has 6 nitrogen and oxygen atoms in total. The monoisotopic (exact) mass is 325 g/mol. The van der Waals surface area contributed by atoms with E-state index in [9.17, 15) is 4.79 Å². The molecular formula is C16H12ClN5O. The fourth-order valence-electron chi connectivity index (χ4n) is 2.73. The van der Waals surface area contributed by atoms with Crippen molar-refractivity contribution in [3.05, 3.63) is 58.5 Å². The normalized spacial score (nSPS) is 11.4. The largest absolute Gasteiger partial charge is 0.284 e. The lowest BCUT2D eigenvalue weighted by molar-refractivity contribution is 0.667. The Morgan fingerprint density at radius 3 is 2.70 bits per heavy atom. The number of hydrogen-bond donors (Lipinski definition) is 0. The third-order valence-electron chi connectivity index (χ3n) is 3.79. The van der Waals surface area contributed by atoms with E-state index in [1.165, 1.54) is 6.33 Å². The number of halogens is 1. The van der Waals surface area contributed by atoms with Gasteiger partial charge in [0.15, 0.2) is 5.52 Å². The second-order valence-electron chi connectivity index (χ2n) is 5.15. The zero-order chi connectivity index (χ0) is 16.0. The molecule has 0 unspecified atom stereocenters. The Morgan fingerprint density at radius 1 is 1.17 bits per heavy atom. The van der Waals surface area contributed by atoms with Gasteiger partial charge in [0.1, 0.15) is 6.33 Å². The first kappa shape index (κ1) is 13.9. The predicted octanol–water partition coefficient (Wildman–Crippen LogP) is 2.80. The summed E-state index contributed by atoms with van der Waals surface area (Å²) in [7, 11) is 0. The number of aromatic nitrogens is 5. The Hall–Kier alpha value is -2.73. The summed E-state index contributed by atoms with van der Waals surface area (Å²) in [6, 6.07) is 5.48. The molecule has 0 aliphatic heterocycles. The van der Waals surface area contributed by atoms with Gasteiger partial charge in [0.05, 0.1) is 23.6 Å². The van der Waals surface area contributed by atoms with Crippen LogP contribution in [0.1, 0.15) is 6.92 Å². The minimum atomic E-state index is -0.211. The Bertz CT molecular complexity index is 1080. The summed E-state index contributed by atoms with van der Waals surface area (Å²) in [5.74, 6) is 0. The Kier molecular flexibility index (Phi) is 3.12. The molecule has 4 rings (SSSR count). The van der Waals surface area contributed by atoms with E-state index in [1.54, 1.807) is 27.7 Å². The molecule has 23 heavy (non-hydrogen) atoms. The molecule has 0 saturated carbocycles. The average Bonchev–Trinajstić information content (AvgIpc) is 3.01. The second kappa shape index (κ2) is 5.17. The van der Waals surface area contributed by atoms with Gasteiger partial charge in [-0.15, -0.1) is 0 Å². The summed E-state index contributed by atoms with van der Waals surface area (Å²) in [4.78, 5) is 21.0. The standard InChI is InChI=1S/C16H12ClN5O/c1-2-21-8-13-12-4-3-10(17)5-14(12)22(16(23)15(13)20-21)11-6-18-9-19-7-11/h3-9H,2H2,1H3. The van der Waals surface area contributed by atoms with Crippen molar-refractivity contribution >= 4 is 33.4 Å². The minimum absolute atomic E-state index is 0.211. The zero-order valence-corrected chi connectivity index (χ0v) is 13.0. The van der Waals surface area contributed by atoms with E-state index in [4.69, 9.17) is 11.6 Å². The third-order valence-corrected chi connectivity index (χ3v) is 4.02. The van der Waals surface area contributed by atoms with Gasteiger partial charge in [0.2, 0.25) is 0 Å². The predicted molar refractivity (Wildman–Crippen MR) is 89.1 cm³/mol. The molecule has 0 bridgehead atoms. The van der Waals surface area contributed by atoms with Crippen molar-refractivity contribution in [2.45, 2.75) is 13.5 Å². The van der Waals surface area contributed by atoms with Crippen LogP contribution in [-0.2, 0) is 6.54 Å². The molecule has 0 N–H and O–H groups in total. The van der Waals surface area contributed by atoms with E-state index in [2.05, 4.69) is 15.1 Å². The zero-order valence-electron chi connectivity index (χ0n) is 12.3.